The van der Waals surface area contributed by atoms with Crippen LogP contribution >= 0.6 is 0 Å². The zero-order chi connectivity index (χ0) is 18.2. The van der Waals surface area contributed by atoms with E-state index in [-0.39, 0.29) is 18.8 Å². The van der Waals surface area contributed by atoms with Crippen molar-refractivity contribution in [3.05, 3.63) is 52.7 Å². The molecule has 0 bridgehead atoms. The second-order valence-corrected chi connectivity index (χ2v) is 5.55. The topological polar surface area (TPSA) is 81.2 Å². The summed E-state index contributed by atoms with van der Waals surface area (Å²) in [5, 5.41) is 2.31. The average molecular weight is 345 g/mol. The van der Waals surface area contributed by atoms with Crippen LogP contribution < -0.4 is 5.32 Å². The lowest BCUT2D eigenvalue weighted by atomic mass is 10.00. The van der Waals surface area contributed by atoms with Crippen LogP contribution in [0.4, 0.5) is 15.0 Å². The maximum atomic E-state index is 14.6. The van der Waals surface area contributed by atoms with Gasteiger partial charge in [0, 0.05) is 30.6 Å². The van der Waals surface area contributed by atoms with E-state index in [9.17, 15) is 14.0 Å². The summed E-state index contributed by atoms with van der Waals surface area (Å²) in [6, 6.07) is 1.52. The third kappa shape index (κ3) is 4.82. The number of anilines is 1. The number of hydrogen-bond acceptors (Lipinski definition) is 5. The fourth-order valence-electron chi connectivity index (χ4n) is 2.24. The summed E-state index contributed by atoms with van der Waals surface area (Å²) >= 11 is 0. The highest BCUT2D eigenvalue weighted by Gasteiger charge is 2.15. The normalized spacial score (nSPS) is 10.4. The fourth-order valence-corrected chi connectivity index (χ4v) is 2.24. The molecule has 6 nitrogen and oxygen atoms in total. The molecule has 0 radical (unpaired) electrons. The molecule has 1 N–H and O–H groups in total. The molecule has 132 valence electrons. The van der Waals surface area contributed by atoms with Gasteiger partial charge in [0.25, 0.3) is 0 Å². The van der Waals surface area contributed by atoms with Crippen LogP contribution in [-0.4, -0.2) is 29.0 Å². The summed E-state index contributed by atoms with van der Waals surface area (Å²) in [6.07, 6.45) is 6.31. The average Bonchev–Trinajstić information content (AvgIpc) is 2.60. The molecule has 7 heteroatoms. The number of carbonyl (C=O) groups is 2. The summed E-state index contributed by atoms with van der Waals surface area (Å²) in [7, 11) is 0. The highest BCUT2D eigenvalue weighted by molar-refractivity contribution is 5.83. The van der Waals surface area contributed by atoms with Crippen molar-refractivity contribution in [2.75, 3.05) is 11.9 Å². The molecule has 0 aliphatic rings. The molecule has 0 atom stereocenters. The number of aldehydes is 1. The quantitative estimate of drug-likeness (QED) is 0.611. The van der Waals surface area contributed by atoms with Crippen LogP contribution in [0.2, 0.25) is 0 Å². The van der Waals surface area contributed by atoms with Crippen LogP contribution in [0.25, 0.3) is 0 Å². The molecule has 2 rings (SSSR count). The molecule has 0 saturated carbocycles. The second-order valence-electron chi connectivity index (χ2n) is 5.55. The molecule has 0 aliphatic heterocycles. The molecule has 0 unspecified atom stereocenters. The number of pyridine rings is 2. The first-order valence-electron chi connectivity index (χ1n) is 8.02. The minimum Gasteiger partial charge on any atom is -0.449 e. The van der Waals surface area contributed by atoms with Crippen molar-refractivity contribution >= 4 is 18.2 Å². The minimum absolute atomic E-state index is 0.184. The highest BCUT2D eigenvalue weighted by atomic mass is 19.1. The second kappa shape index (κ2) is 8.86. The molecule has 2 heterocycles. The first-order valence-corrected chi connectivity index (χ1v) is 8.02. The van der Waals surface area contributed by atoms with Gasteiger partial charge in [0.1, 0.15) is 0 Å². The third-order valence-corrected chi connectivity index (χ3v) is 3.79. The summed E-state index contributed by atoms with van der Waals surface area (Å²) in [5.74, 6) is -0.818. The predicted molar refractivity (Wildman–Crippen MR) is 91.2 cm³/mol. The third-order valence-electron chi connectivity index (χ3n) is 3.79. The molecule has 2 aromatic rings. The molecule has 0 aliphatic carbocycles. The summed E-state index contributed by atoms with van der Waals surface area (Å²) in [4.78, 5) is 30.5. The molecule has 0 saturated heterocycles. The van der Waals surface area contributed by atoms with Crippen LogP contribution in [0.15, 0.2) is 24.7 Å². The highest BCUT2D eigenvalue weighted by Crippen LogP contribution is 2.21. The zero-order valence-electron chi connectivity index (χ0n) is 14.2. The number of carbonyl (C=O) groups excluding carboxylic acids is 2. The molecule has 0 fully saturated rings. The Morgan fingerprint density at radius 3 is 2.88 bits per heavy atom. The molecular weight excluding hydrogens is 325 g/mol. The van der Waals surface area contributed by atoms with Gasteiger partial charge in [0.15, 0.2) is 17.9 Å². The Hall–Kier alpha value is -2.83. The largest absolute Gasteiger partial charge is 0.449 e. The van der Waals surface area contributed by atoms with Crippen molar-refractivity contribution in [3.63, 3.8) is 0 Å². The van der Waals surface area contributed by atoms with Gasteiger partial charge >= 0.3 is 6.09 Å². The van der Waals surface area contributed by atoms with E-state index < -0.39 is 11.9 Å². The van der Waals surface area contributed by atoms with E-state index in [0.717, 1.165) is 24.0 Å². The van der Waals surface area contributed by atoms with E-state index in [0.29, 0.717) is 17.4 Å². The van der Waals surface area contributed by atoms with E-state index in [1.165, 1.54) is 18.5 Å². The maximum absolute atomic E-state index is 14.6. The van der Waals surface area contributed by atoms with Gasteiger partial charge in [0.05, 0.1) is 6.61 Å². The summed E-state index contributed by atoms with van der Waals surface area (Å²) < 4.78 is 19.5. The van der Waals surface area contributed by atoms with Crippen molar-refractivity contribution < 1.29 is 18.7 Å². The van der Waals surface area contributed by atoms with Crippen LogP contribution in [-0.2, 0) is 11.2 Å². The van der Waals surface area contributed by atoms with Crippen molar-refractivity contribution in [1.29, 1.82) is 0 Å². The molecular formula is C18H20FN3O3. The molecule has 1 amide bonds. The minimum atomic E-state index is -0.738. The van der Waals surface area contributed by atoms with Crippen molar-refractivity contribution in [3.8, 4) is 0 Å². The van der Waals surface area contributed by atoms with Crippen molar-refractivity contribution in [2.45, 2.75) is 33.1 Å². The molecule has 2 aromatic heterocycles. The number of unbranched alkanes of at least 4 members (excludes halogenated alkanes) is 1. The molecule has 0 aromatic carbocycles. The molecule has 25 heavy (non-hydrogen) atoms. The van der Waals surface area contributed by atoms with E-state index >= 15 is 0 Å². The van der Waals surface area contributed by atoms with Gasteiger partial charge in [-0.15, -0.1) is 0 Å². The summed E-state index contributed by atoms with van der Waals surface area (Å²) in [5.41, 5.74) is 2.28. The zero-order valence-corrected chi connectivity index (χ0v) is 14.2. The van der Waals surface area contributed by atoms with Crippen LogP contribution in [0.5, 0.6) is 0 Å². The standard InChI is InChI=1S/C18H20FN3O3/c1-3-4-7-25-18(24)22-17-16(19)13(5-6-21-17)8-14-9-20-10-15(11-23)12(14)2/h5-6,9-11H,3-4,7-8H2,1-2H3,(H,21,22,24). The lowest BCUT2D eigenvalue weighted by Crippen LogP contribution is -2.17. The smallest absolute Gasteiger partial charge is 0.412 e. The lowest BCUT2D eigenvalue weighted by molar-refractivity contribution is 0.112. The van der Waals surface area contributed by atoms with Gasteiger partial charge in [-0.05, 0) is 36.1 Å². The van der Waals surface area contributed by atoms with E-state index in [1.54, 1.807) is 13.1 Å². The van der Waals surface area contributed by atoms with Gasteiger partial charge in [-0.1, -0.05) is 13.3 Å². The number of halogens is 1. The Morgan fingerprint density at radius 1 is 1.36 bits per heavy atom. The van der Waals surface area contributed by atoms with Crippen molar-refractivity contribution in [1.82, 2.24) is 9.97 Å². The first kappa shape index (κ1) is 18.5. The van der Waals surface area contributed by atoms with Crippen LogP contribution in [0.1, 0.15) is 46.8 Å². The van der Waals surface area contributed by atoms with E-state index in [1.807, 2.05) is 6.92 Å². The van der Waals surface area contributed by atoms with Crippen molar-refractivity contribution in [2.24, 2.45) is 0 Å². The van der Waals surface area contributed by atoms with E-state index in [4.69, 9.17) is 4.74 Å². The Labute approximate surface area is 145 Å². The van der Waals surface area contributed by atoms with Gasteiger partial charge in [-0.25, -0.2) is 14.2 Å². The number of ether oxygens (including phenoxy) is 1. The predicted octanol–water partition coefficient (Wildman–Crippen LogP) is 3.68. The van der Waals surface area contributed by atoms with Gasteiger partial charge in [-0.3, -0.25) is 15.1 Å². The van der Waals surface area contributed by atoms with Gasteiger partial charge in [0.2, 0.25) is 0 Å². The number of nitrogens with zero attached hydrogens (tertiary/aromatic N) is 2. The Morgan fingerprint density at radius 2 is 2.16 bits per heavy atom. The number of nitrogens with one attached hydrogen (secondary N) is 1. The number of aromatic nitrogens is 2. The maximum Gasteiger partial charge on any atom is 0.412 e. The monoisotopic (exact) mass is 345 g/mol. The van der Waals surface area contributed by atoms with Gasteiger partial charge < -0.3 is 4.74 Å². The SMILES string of the molecule is CCCCOC(=O)Nc1nccc(Cc2cncc(C=O)c2C)c1F. The Balaban J connectivity index is 2.16. The van der Waals surface area contributed by atoms with E-state index in [2.05, 4.69) is 15.3 Å². The van der Waals surface area contributed by atoms with Crippen LogP contribution in [0.3, 0.4) is 0 Å². The number of hydrogen-bond donors (Lipinski definition) is 1. The Bertz CT molecular complexity index is 765. The lowest BCUT2D eigenvalue weighted by Gasteiger charge is -2.11. The fraction of sp³-hybridized carbons (Fsp3) is 0.333. The van der Waals surface area contributed by atoms with Crippen LogP contribution in [0, 0.1) is 12.7 Å². The molecule has 0 spiro atoms. The number of amides is 1. The first-order chi connectivity index (χ1) is 12.1. The Kier molecular flexibility index (Phi) is 6.56. The van der Waals surface area contributed by atoms with Gasteiger partial charge in [-0.2, -0.15) is 0 Å². The number of rotatable bonds is 7. The summed E-state index contributed by atoms with van der Waals surface area (Å²) in [6.45, 7) is 4.03.